The van der Waals surface area contributed by atoms with Crippen molar-refractivity contribution in [1.82, 2.24) is 0 Å². The lowest BCUT2D eigenvalue weighted by molar-refractivity contribution is -0.385. The summed E-state index contributed by atoms with van der Waals surface area (Å²) in [5.74, 6) is -0.348. The van der Waals surface area contributed by atoms with Gasteiger partial charge < -0.3 is 10.4 Å². The number of rotatable bonds is 5. The Kier molecular flexibility index (Phi) is 4.63. The Hall–Kier alpha value is -2.73. The van der Waals surface area contributed by atoms with Gasteiger partial charge in [0, 0.05) is 17.3 Å². The number of carbonyl (C=O) groups excluding carboxylic acids is 1. The maximum Gasteiger partial charge on any atom is 0.273 e. The van der Waals surface area contributed by atoms with Gasteiger partial charge in [-0.3, -0.25) is 14.9 Å². The van der Waals surface area contributed by atoms with Crippen molar-refractivity contribution >= 4 is 17.3 Å². The summed E-state index contributed by atoms with van der Waals surface area (Å²) >= 11 is 0. The van der Waals surface area contributed by atoms with E-state index in [0.29, 0.717) is 16.8 Å². The number of hydrogen-bond donors (Lipinski definition) is 2. The summed E-state index contributed by atoms with van der Waals surface area (Å²) in [6.45, 7) is -0.117. The molecule has 2 aromatic rings. The Balaban J connectivity index is 2.10. The number of benzene rings is 2. The molecule has 6 heteroatoms. The fourth-order valence-electron chi connectivity index (χ4n) is 1.96. The van der Waals surface area contributed by atoms with Crippen LogP contribution in [-0.2, 0) is 17.8 Å². The number of nitro benzene ring substituents is 1. The average molecular weight is 286 g/mol. The Morgan fingerprint density at radius 3 is 2.67 bits per heavy atom. The van der Waals surface area contributed by atoms with Gasteiger partial charge in [-0.2, -0.15) is 0 Å². The van der Waals surface area contributed by atoms with Crippen LogP contribution in [0.15, 0.2) is 48.5 Å². The molecule has 0 unspecified atom stereocenters. The van der Waals surface area contributed by atoms with Crippen LogP contribution in [0, 0.1) is 10.1 Å². The molecule has 0 fully saturated rings. The van der Waals surface area contributed by atoms with E-state index in [2.05, 4.69) is 5.32 Å². The predicted octanol–water partition coefficient (Wildman–Crippen LogP) is 2.27. The molecule has 0 bridgehead atoms. The van der Waals surface area contributed by atoms with Gasteiger partial charge in [-0.05, 0) is 17.7 Å². The van der Waals surface area contributed by atoms with Crippen molar-refractivity contribution in [3.05, 3.63) is 69.8 Å². The highest BCUT2D eigenvalue weighted by atomic mass is 16.6. The minimum Gasteiger partial charge on any atom is -0.392 e. The molecule has 0 saturated carbocycles. The highest BCUT2D eigenvalue weighted by Gasteiger charge is 2.15. The first-order valence-corrected chi connectivity index (χ1v) is 6.32. The fourth-order valence-corrected chi connectivity index (χ4v) is 1.96. The van der Waals surface area contributed by atoms with Gasteiger partial charge in [-0.15, -0.1) is 0 Å². The molecule has 6 nitrogen and oxygen atoms in total. The van der Waals surface area contributed by atoms with Crippen LogP contribution in [0.25, 0.3) is 0 Å². The predicted molar refractivity (Wildman–Crippen MR) is 77.8 cm³/mol. The fraction of sp³-hybridized carbons (Fsp3) is 0.133. The second-order valence-corrected chi connectivity index (χ2v) is 4.47. The maximum atomic E-state index is 12.0. The van der Waals surface area contributed by atoms with E-state index in [0.717, 1.165) is 0 Å². The summed E-state index contributed by atoms with van der Waals surface area (Å²) < 4.78 is 0. The lowest BCUT2D eigenvalue weighted by Crippen LogP contribution is -2.15. The number of para-hydroxylation sites is 1. The molecule has 0 aliphatic carbocycles. The van der Waals surface area contributed by atoms with E-state index in [4.69, 9.17) is 5.11 Å². The van der Waals surface area contributed by atoms with Crippen LogP contribution >= 0.6 is 0 Å². The monoisotopic (exact) mass is 286 g/mol. The van der Waals surface area contributed by atoms with E-state index >= 15 is 0 Å². The third-order valence-electron chi connectivity index (χ3n) is 2.93. The molecule has 0 spiro atoms. The van der Waals surface area contributed by atoms with Gasteiger partial charge in [0.1, 0.15) is 0 Å². The highest BCUT2D eigenvalue weighted by Crippen LogP contribution is 2.19. The molecule has 2 rings (SSSR count). The van der Waals surface area contributed by atoms with Gasteiger partial charge in [0.15, 0.2) is 0 Å². The summed E-state index contributed by atoms with van der Waals surface area (Å²) in [5, 5.41) is 22.6. The largest absolute Gasteiger partial charge is 0.392 e. The number of nitrogens with one attached hydrogen (secondary N) is 1. The average Bonchev–Trinajstić information content (AvgIpc) is 2.47. The van der Waals surface area contributed by atoms with Crippen LogP contribution < -0.4 is 5.32 Å². The van der Waals surface area contributed by atoms with E-state index in [-0.39, 0.29) is 24.6 Å². The second-order valence-electron chi connectivity index (χ2n) is 4.47. The Morgan fingerprint density at radius 2 is 1.95 bits per heavy atom. The first kappa shape index (κ1) is 14.7. The summed E-state index contributed by atoms with van der Waals surface area (Å²) in [4.78, 5) is 22.3. The third-order valence-corrected chi connectivity index (χ3v) is 2.93. The third kappa shape index (κ3) is 3.87. The molecule has 0 aliphatic heterocycles. The zero-order valence-electron chi connectivity index (χ0n) is 11.2. The van der Waals surface area contributed by atoms with E-state index in [1.54, 1.807) is 42.5 Å². The zero-order chi connectivity index (χ0) is 15.2. The van der Waals surface area contributed by atoms with Crippen molar-refractivity contribution in [3.63, 3.8) is 0 Å². The van der Waals surface area contributed by atoms with Crippen LogP contribution in [-0.4, -0.2) is 15.9 Å². The molecule has 108 valence electrons. The number of hydrogen-bond acceptors (Lipinski definition) is 4. The molecule has 0 atom stereocenters. The van der Waals surface area contributed by atoms with Crippen molar-refractivity contribution in [2.45, 2.75) is 13.0 Å². The van der Waals surface area contributed by atoms with Crippen molar-refractivity contribution in [2.75, 3.05) is 5.32 Å². The topological polar surface area (TPSA) is 92.5 Å². The van der Waals surface area contributed by atoms with Crippen molar-refractivity contribution < 1.29 is 14.8 Å². The van der Waals surface area contributed by atoms with Gasteiger partial charge in [-0.25, -0.2) is 0 Å². The summed E-state index contributed by atoms with van der Waals surface area (Å²) in [5.41, 5.74) is 1.51. The van der Waals surface area contributed by atoms with Crippen molar-refractivity contribution in [2.24, 2.45) is 0 Å². The smallest absolute Gasteiger partial charge is 0.273 e. The minimum absolute atomic E-state index is 0.0724. The van der Waals surface area contributed by atoms with E-state index in [1.165, 1.54) is 6.07 Å². The molecular formula is C15H14N2O4. The molecule has 1 amide bonds. The lowest BCUT2D eigenvalue weighted by Gasteiger charge is -2.07. The van der Waals surface area contributed by atoms with Crippen molar-refractivity contribution in [3.8, 4) is 0 Å². The van der Waals surface area contributed by atoms with Crippen LogP contribution in [0.2, 0.25) is 0 Å². The summed E-state index contributed by atoms with van der Waals surface area (Å²) in [6, 6.07) is 12.9. The number of amides is 1. The van der Waals surface area contributed by atoms with E-state index < -0.39 is 4.92 Å². The molecular weight excluding hydrogens is 272 g/mol. The molecule has 0 saturated heterocycles. The van der Waals surface area contributed by atoms with Crippen LogP contribution in [0.3, 0.4) is 0 Å². The molecule has 2 N–H and O–H groups in total. The van der Waals surface area contributed by atoms with Gasteiger partial charge in [0.25, 0.3) is 5.69 Å². The Bertz CT molecular complexity index is 670. The first-order chi connectivity index (χ1) is 10.1. The minimum atomic E-state index is -0.505. The summed E-state index contributed by atoms with van der Waals surface area (Å²) in [6.07, 6.45) is -0.0828. The molecule has 0 heterocycles. The van der Waals surface area contributed by atoms with E-state index in [9.17, 15) is 14.9 Å². The SMILES string of the molecule is O=C(Cc1ccccc1[N+](=O)[O-])Nc1cccc(CO)c1. The normalized spacial score (nSPS) is 10.1. The van der Waals surface area contributed by atoms with E-state index in [1.807, 2.05) is 0 Å². The molecule has 21 heavy (non-hydrogen) atoms. The number of nitro groups is 1. The first-order valence-electron chi connectivity index (χ1n) is 6.32. The highest BCUT2D eigenvalue weighted by molar-refractivity contribution is 5.92. The molecule has 0 aromatic heterocycles. The zero-order valence-corrected chi connectivity index (χ0v) is 11.2. The van der Waals surface area contributed by atoms with Crippen LogP contribution in [0.1, 0.15) is 11.1 Å². The number of aliphatic hydroxyl groups excluding tert-OH is 1. The van der Waals surface area contributed by atoms with Gasteiger partial charge in [0.05, 0.1) is 18.0 Å². The van der Waals surface area contributed by atoms with Gasteiger partial charge in [-0.1, -0.05) is 30.3 Å². The van der Waals surface area contributed by atoms with Crippen LogP contribution in [0.4, 0.5) is 11.4 Å². The number of carbonyl (C=O) groups is 1. The molecule has 0 aliphatic rings. The number of nitrogens with zero attached hydrogens (tertiary/aromatic N) is 1. The second kappa shape index (κ2) is 6.62. The van der Waals surface area contributed by atoms with Gasteiger partial charge >= 0.3 is 0 Å². The lowest BCUT2D eigenvalue weighted by atomic mass is 10.1. The number of aliphatic hydroxyl groups is 1. The Labute approximate surface area is 121 Å². The van der Waals surface area contributed by atoms with Crippen LogP contribution in [0.5, 0.6) is 0 Å². The van der Waals surface area contributed by atoms with Gasteiger partial charge in [0.2, 0.25) is 5.91 Å². The number of anilines is 1. The quantitative estimate of drug-likeness (QED) is 0.651. The standard InChI is InChI=1S/C15H14N2O4/c18-10-11-4-3-6-13(8-11)16-15(19)9-12-5-1-2-7-14(12)17(20)21/h1-8,18H,9-10H2,(H,16,19). The van der Waals surface area contributed by atoms with Crippen molar-refractivity contribution in [1.29, 1.82) is 0 Å². The summed E-state index contributed by atoms with van der Waals surface area (Å²) in [7, 11) is 0. The molecule has 2 aromatic carbocycles. The Morgan fingerprint density at radius 1 is 1.19 bits per heavy atom. The maximum absolute atomic E-state index is 12.0. The molecule has 0 radical (unpaired) electrons.